The summed E-state index contributed by atoms with van der Waals surface area (Å²) in [5.41, 5.74) is 2.41. The number of likely N-dealkylation sites (N-methyl/N-ethyl adjacent to an activating group) is 2. The number of aryl methyl sites for hydroxylation is 1. The van der Waals surface area contributed by atoms with Crippen molar-refractivity contribution in [1.82, 2.24) is 19.7 Å². The quantitative estimate of drug-likeness (QED) is 0.233. The van der Waals surface area contributed by atoms with E-state index in [0.717, 1.165) is 21.5 Å². The highest BCUT2D eigenvalue weighted by molar-refractivity contribution is 7.17. The Morgan fingerprint density at radius 3 is 2.69 bits per heavy atom. The molecule has 0 saturated heterocycles. The molecule has 3 heterocycles. The van der Waals surface area contributed by atoms with Crippen molar-refractivity contribution in [3.05, 3.63) is 52.0 Å². The maximum Gasteiger partial charge on any atom is 0.387 e. The fraction of sp³-hybridized carbons (Fsp3) is 0.304. The van der Waals surface area contributed by atoms with Crippen LogP contribution in [0.25, 0.3) is 21.5 Å². The van der Waals surface area contributed by atoms with Crippen LogP contribution in [0.15, 0.2) is 41.9 Å². The van der Waals surface area contributed by atoms with E-state index in [9.17, 15) is 18.9 Å². The van der Waals surface area contributed by atoms with Gasteiger partial charge in [-0.15, -0.1) is 11.3 Å². The number of nitrogens with one attached hydrogen (secondary N) is 1. The molecule has 1 N–H and O–H groups in total. The number of ether oxygens (including phenoxy) is 1. The molecular weight excluding hydrogens is 492 g/mol. The zero-order chi connectivity index (χ0) is 26.0. The second kappa shape index (κ2) is 10.4. The Morgan fingerprint density at radius 2 is 2.00 bits per heavy atom. The van der Waals surface area contributed by atoms with Gasteiger partial charge >= 0.3 is 6.61 Å². The molecule has 36 heavy (non-hydrogen) atoms. The number of benzene rings is 1. The molecule has 4 aromatic rings. The number of fused-ring (bicyclic) bond motifs is 1. The first kappa shape index (κ1) is 25.3. The largest absolute Gasteiger partial charge is 0.433 e. The first-order chi connectivity index (χ1) is 17.1. The number of pyridine rings is 1. The number of nitrogens with zero attached hydrogens (tertiary/aromatic N) is 6. The van der Waals surface area contributed by atoms with Gasteiger partial charge in [0.2, 0.25) is 0 Å². The molecule has 4 rings (SSSR count). The van der Waals surface area contributed by atoms with Crippen LogP contribution < -0.4 is 15.0 Å². The number of hydrogen-bond donors (Lipinski definition) is 1. The summed E-state index contributed by atoms with van der Waals surface area (Å²) in [6.07, 6.45) is 1.55. The summed E-state index contributed by atoms with van der Waals surface area (Å²) in [5, 5.41) is 21.3. The number of hydrogen-bond acceptors (Lipinski definition) is 9. The Labute approximate surface area is 209 Å². The molecule has 0 unspecified atom stereocenters. The van der Waals surface area contributed by atoms with Crippen molar-refractivity contribution >= 4 is 44.4 Å². The van der Waals surface area contributed by atoms with E-state index in [4.69, 9.17) is 4.74 Å². The van der Waals surface area contributed by atoms with E-state index in [1.807, 2.05) is 37.5 Å². The molecule has 0 aliphatic heterocycles. The van der Waals surface area contributed by atoms with Gasteiger partial charge < -0.3 is 19.9 Å². The van der Waals surface area contributed by atoms with Gasteiger partial charge in [-0.05, 0) is 37.7 Å². The summed E-state index contributed by atoms with van der Waals surface area (Å²) in [6, 6.07) is 7.90. The van der Waals surface area contributed by atoms with E-state index >= 15 is 0 Å². The molecule has 0 aliphatic rings. The number of alkyl halides is 2. The number of nitro benzene ring substituents is 1. The van der Waals surface area contributed by atoms with Gasteiger partial charge in [-0.3, -0.25) is 14.8 Å². The second-order valence-corrected chi connectivity index (χ2v) is 9.28. The Bertz CT molecular complexity index is 1390. The van der Waals surface area contributed by atoms with Crippen molar-refractivity contribution in [3.63, 3.8) is 0 Å². The lowest BCUT2D eigenvalue weighted by Crippen LogP contribution is -2.29. The Balaban J connectivity index is 1.72. The molecular formula is C23H25F2N7O3S. The molecule has 10 nitrogen and oxygen atoms in total. The number of rotatable bonds is 10. The molecule has 0 bridgehead atoms. The number of halogens is 2. The van der Waals surface area contributed by atoms with Crippen LogP contribution in [-0.4, -0.2) is 65.4 Å². The van der Waals surface area contributed by atoms with Crippen LogP contribution in [0.1, 0.15) is 0 Å². The Morgan fingerprint density at radius 1 is 1.22 bits per heavy atom. The Kier molecular flexibility index (Phi) is 7.31. The van der Waals surface area contributed by atoms with E-state index in [-0.39, 0.29) is 22.8 Å². The van der Waals surface area contributed by atoms with Crippen LogP contribution in [0.5, 0.6) is 5.75 Å². The first-order valence-electron chi connectivity index (χ1n) is 10.9. The van der Waals surface area contributed by atoms with Gasteiger partial charge in [0.05, 0.1) is 20.8 Å². The summed E-state index contributed by atoms with van der Waals surface area (Å²) < 4.78 is 34.0. The number of anilines is 3. The lowest BCUT2D eigenvalue weighted by Gasteiger charge is -2.23. The highest BCUT2D eigenvalue weighted by atomic mass is 32.1. The van der Waals surface area contributed by atoms with Gasteiger partial charge in [0, 0.05) is 51.1 Å². The van der Waals surface area contributed by atoms with E-state index in [1.165, 1.54) is 12.1 Å². The number of thiophene rings is 1. The minimum Gasteiger partial charge on any atom is -0.433 e. The smallest absolute Gasteiger partial charge is 0.387 e. The highest BCUT2D eigenvalue weighted by Gasteiger charge is 2.24. The minimum absolute atomic E-state index is 0.00120. The van der Waals surface area contributed by atoms with Crippen LogP contribution in [0, 0.1) is 10.1 Å². The second-order valence-electron chi connectivity index (χ2n) is 8.36. The lowest BCUT2D eigenvalue weighted by atomic mass is 10.1. The minimum atomic E-state index is -3.12. The Hall–Kier alpha value is -3.84. The SMILES string of the molecule is CN(C)CCN(C)c1cc(OC(F)F)c(Nc2cc(-c3nn(C)c4ccsc34)ccn2)cc1[N+](=O)[O-]. The van der Waals surface area contributed by atoms with Gasteiger partial charge in [0.25, 0.3) is 5.69 Å². The van der Waals surface area contributed by atoms with E-state index in [1.54, 1.807) is 46.3 Å². The predicted molar refractivity (Wildman–Crippen MR) is 137 cm³/mol. The van der Waals surface area contributed by atoms with Crippen LogP contribution in [-0.2, 0) is 7.05 Å². The van der Waals surface area contributed by atoms with Crippen LogP contribution in [0.4, 0.5) is 31.7 Å². The fourth-order valence-electron chi connectivity index (χ4n) is 3.73. The topological polar surface area (TPSA) is 102 Å². The molecule has 0 saturated carbocycles. The van der Waals surface area contributed by atoms with Crippen LogP contribution in [0.3, 0.4) is 0 Å². The van der Waals surface area contributed by atoms with Gasteiger partial charge in [-0.2, -0.15) is 13.9 Å². The van der Waals surface area contributed by atoms with Gasteiger partial charge in [-0.1, -0.05) is 0 Å². The average Bonchev–Trinajstić information content (AvgIpc) is 3.42. The van der Waals surface area contributed by atoms with E-state index < -0.39 is 11.5 Å². The lowest BCUT2D eigenvalue weighted by molar-refractivity contribution is -0.384. The van der Waals surface area contributed by atoms with Crippen molar-refractivity contribution in [3.8, 4) is 17.0 Å². The molecule has 0 aliphatic carbocycles. The molecule has 0 spiro atoms. The van der Waals surface area contributed by atoms with Crippen LogP contribution >= 0.6 is 11.3 Å². The summed E-state index contributed by atoms with van der Waals surface area (Å²) in [7, 11) is 7.25. The fourth-order valence-corrected chi connectivity index (χ4v) is 4.65. The number of aromatic nitrogens is 3. The highest BCUT2D eigenvalue weighted by Crippen LogP contribution is 2.40. The van der Waals surface area contributed by atoms with Crippen molar-refractivity contribution in [2.45, 2.75) is 6.61 Å². The summed E-state index contributed by atoms with van der Waals surface area (Å²) in [6.45, 7) is -2.06. The predicted octanol–water partition coefficient (Wildman–Crippen LogP) is 4.95. The summed E-state index contributed by atoms with van der Waals surface area (Å²) >= 11 is 1.55. The van der Waals surface area contributed by atoms with Crippen molar-refractivity contribution < 1.29 is 18.4 Å². The average molecular weight is 518 g/mol. The normalized spacial score (nSPS) is 11.4. The van der Waals surface area contributed by atoms with Crippen molar-refractivity contribution in [2.24, 2.45) is 7.05 Å². The van der Waals surface area contributed by atoms with E-state index in [2.05, 4.69) is 15.4 Å². The molecule has 0 radical (unpaired) electrons. The molecule has 190 valence electrons. The third kappa shape index (κ3) is 5.36. The third-order valence-corrected chi connectivity index (χ3v) is 6.45. The summed E-state index contributed by atoms with van der Waals surface area (Å²) in [5.74, 6) is 0.0676. The van der Waals surface area contributed by atoms with E-state index in [0.29, 0.717) is 18.9 Å². The molecule has 3 aromatic heterocycles. The first-order valence-corrected chi connectivity index (χ1v) is 11.8. The zero-order valence-electron chi connectivity index (χ0n) is 20.1. The molecule has 0 fully saturated rings. The molecule has 0 amide bonds. The maximum atomic E-state index is 13.3. The third-order valence-electron chi connectivity index (χ3n) is 5.54. The van der Waals surface area contributed by atoms with Gasteiger partial charge in [0.1, 0.15) is 17.2 Å². The van der Waals surface area contributed by atoms with Gasteiger partial charge in [-0.25, -0.2) is 4.98 Å². The zero-order valence-corrected chi connectivity index (χ0v) is 20.9. The maximum absolute atomic E-state index is 13.3. The van der Waals surface area contributed by atoms with Gasteiger partial charge in [0.15, 0.2) is 5.75 Å². The van der Waals surface area contributed by atoms with Crippen molar-refractivity contribution in [2.75, 3.05) is 44.4 Å². The van der Waals surface area contributed by atoms with Crippen LogP contribution in [0.2, 0.25) is 0 Å². The summed E-state index contributed by atoms with van der Waals surface area (Å²) in [4.78, 5) is 19.1. The number of nitro groups is 1. The molecule has 13 heteroatoms. The molecule has 0 atom stereocenters. The standard InChI is InChI=1S/C23H25F2N7O3S/c1-29(2)8-9-30(3)17-13-19(35-23(24)25)15(12-18(17)32(33)34)27-20-11-14(5-7-26-20)21-22-16(6-10-36-22)31(4)28-21/h5-7,10-13,23H,8-9H2,1-4H3,(H,26,27). The molecule has 1 aromatic carbocycles. The monoisotopic (exact) mass is 517 g/mol. The van der Waals surface area contributed by atoms with Crippen molar-refractivity contribution in [1.29, 1.82) is 0 Å².